The number of nitrogens with one attached hydrogen (secondary N) is 1. The predicted molar refractivity (Wildman–Crippen MR) is 92.4 cm³/mol. The zero-order valence-corrected chi connectivity index (χ0v) is 13.7. The number of aromatic nitrogens is 2. The number of benzene rings is 1. The average molecular weight is 325 g/mol. The number of nitrogens with zero attached hydrogens (tertiary/aromatic N) is 2. The van der Waals surface area contributed by atoms with Gasteiger partial charge in [0, 0.05) is 19.0 Å². The van der Waals surface area contributed by atoms with E-state index in [0.717, 1.165) is 16.4 Å². The molecule has 0 aliphatic carbocycles. The number of para-hydroxylation sites is 1. The molecule has 124 valence electrons. The minimum atomic E-state index is -0.160. The van der Waals surface area contributed by atoms with Crippen LogP contribution in [0.2, 0.25) is 0 Å². The van der Waals surface area contributed by atoms with Crippen LogP contribution in [-0.2, 0) is 18.3 Å². The van der Waals surface area contributed by atoms with Gasteiger partial charge in [0.15, 0.2) is 0 Å². The molecule has 0 atom stereocenters. The molecule has 0 spiro atoms. The number of carbonyl (C=O) groups excluding carboxylic acids is 1. The molecule has 1 amide bonds. The van der Waals surface area contributed by atoms with Gasteiger partial charge in [0.1, 0.15) is 5.69 Å². The lowest BCUT2D eigenvalue weighted by Gasteiger charge is -2.26. The monoisotopic (exact) mass is 325 g/mol. The van der Waals surface area contributed by atoms with Gasteiger partial charge in [0.25, 0.3) is 11.5 Å². The fourth-order valence-electron chi connectivity index (χ4n) is 3.35. The maximum Gasteiger partial charge on any atom is 0.268 e. The minimum Gasteiger partial charge on any atom is -0.377 e. The van der Waals surface area contributed by atoms with Crippen LogP contribution in [0.25, 0.3) is 21.8 Å². The zero-order chi connectivity index (χ0) is 16.8. The molecule has 3 aromatic rings. The highest BCUT2D eigenvalue weighted by Gasteiger charge is 2.24. The molecule has 1 fully saturated rings. The average Bonchev–Trinajstić information content (AvgIpc) is 2.95. The molecule has 4 rings (SSSR count). The van der Waals surface area contributed by atoms with Crippen molar-refractivity contribution in [2.75, 3.05) is 13.2 Å². The maximum absolute atomic E-state index is 12.7. The highest BCUT2D eigenvalue weighted by molar-refractivity contribution is 6.08. The van der Waals surface area contributed by atoms with Crippen molar-refractivity contribution in [1.82, 2.24) is 14.5 Å². The van der Waals surface area contributed by atoms with Gasteiger partial charge in [-0.15, -0.1) is 0 Å². The Hall–Kier alpha value is -2.60. The van der Waals surface area contributed by atoms with Crippen molar-refractivity contribution >= 4 is 27.7 Å². The summed E-state index contributed by atoms with van der Waals surface area (Å²) in [4.78, 5) is 25.4. The van der Waals surface area contributed by atoms with Crippen LogP contribution in [0, 0.1) is 0 Å². The van der Waals surface area contributed by atoms with E-state index < -0.39 is 0 Å². The third-order valence-corrected chi connectivity index (χ3v) is 4.67. The number of aryl methyl sites for hydroxylation is 2. The van der Waals surface area contributed by atoms with Gasteiger partial charge >= 0.3 is 0 Å². The van der Waals surface area contributed by atoms with E-state index in [0.29, 0.717) is 30.8 Å². The van der Waals surface area contributed by atoms with Crippen LogP contribution in [0.1, 0.15) is 17.4 Å². The molecule has 0 saturated carbocycles. The van der Waals surface area contributed by atoms with Gasteiger partial charge < -0.3 is 19.2 Å². The molecule has 1 aliphatic heterocycles. The Bertz CT molecular complexity index is 1010. The molecule has 24 heavy (non-hydrogen) atoms. The lowest BCUT2D eigenvalue weighted by molar-refractivity contribution is -0.00360. The van der Waals surface area contributed by atoms with Crippen molar-refractivity contribution in [3.63, 3.8) is 0 Å². The summed E-state index contributed by atoms with van der Waals surface area (Å²) in [6, 6.07) is 9.55. The summed E-state index contributed by atoms with van der Waals surface area (Å²) in [6.07, 6.45) is 0. The summed E-state index contributed by atoms with van der Waals surface area (Å²) < 4.78 is 8.67. The quantitative estimate of drug-likeness (QED) is 0.796. The molecule has 0 radical (unpaired) electrons. The lowest BCUT2D eigenvalue weighted by Crippen LogP contribution is -2.48. The van der Waals surface area contributed by atoms with Crippen molar-refractivity contribution in [3.8, 4) is 0 Å². The zero-order valence-electron chi connectivity index (χ0n) is 13.7. The van der Waals surface area contributed by atoms with Gasteiger partial charge in [-0.3, -0.25) is 9.59 Å². The molecule has 6 heteroatoms. The second-order valence-corrected chi connectivity index (χ2v) is 6.13. The number of rotatable bonds is 3. The Morgan fingerprint density at radius 1 is 1.29 bits per heavy atom. The van der Waals surface area contributed by atoms with Crippen molar-refractivity contribution < 1.29 is 9.53 Å². The molecular formula is C18H19N3O3. The van der Waals surface area contributed by atoms with Gasteiger partial charge in [-0.1, -0.05) is 18.2 Å². The highest BCUT2D eigenvalue weighted by atomic mass is 16.5. The first-order chi connectivity index (χ1) is 11.6. The van der Waals surface area contributed by atoms with E-state index >= 15 is 0 Å². The standard InChI is InChI=1S/C18H19N3O3/c1-3-21-15(17(22)19-11-9-24-10-11)8-13-16(21)12-6-4-5-7-14(12)20(2)18(13)23/h4-8,11H,3,9-10H2,1-2H3,(H,19,22). The summed E-state index contributed by atoms with van der Waals surface area (Å²) >= 11 is 0. The lowest BCUT2D eigenvalue weighted by atomic mass is 10.1. The third kappa shape index (κ3) is 2.06. The van der Waals surface area contributed by atoms with E-state index in [1.807, 2.05) is 35.8 Å². The smallest absolute Gasteiger partial charge is 0.268 e. The fourth-order valence-corrected chi connectivity index (χ4v) is 3.35. The summed E-state index contributed by atoms with van der Waals surface area (Å²) in [7, 11) is 1.76. The SMILES string of the molecule is CCn1c(C(=O)NC2COC2)cc2c(=O)n(C)c3ccccc3c21. The van der Waals surface area contributed by atoms with Crippen molar-refractivity contribution in [1.29, 1.82) is 0 Å². The summed E-state index contributed by atoms with van der Waals surface area (Å²) in [5.74, 6) is -0.160. The van der Waals surface area contributed by atoms with Crippen LogP contribution in [0.15, 0.2) is 35.1 Å². The predicted octanol–water partition coefficient (Wildman–Crippen LogP) is 1.64. The van der Waals surface area contributed by atoms with Crippen molar-refractivity contribution in [3.05, 3.63) is 46.4 Å². The largest absolute Gasteiger partial charge is 0.377 e. The number of hydrogen-bond acceptors (Lipinski definition) is 3. The van der Waals surface area contributed by atoms with Gasteiger partial charge in [-0.25, -0.2) is 0 Å². The first kappa shape index (κ1) is 15.0. The van der Waals surface area contributed by atoms with Gasteiger partial charge in [0.05, 0.1) is 35.7 Å². The second kappa shape index (κ2) is 5.49. The molecule has 1 N–H and O–H groups in total. The van der Waals surface area contributed by atoms with Crippen LogP contribution in [0.3, 0.4) is 0 Å². The summed E-state index contributed by atoms with van der Waals surface area (Å²) in [5, 5.41) is 4.51. The number of amides is 1. The van der Waals surface area contributed by atoms with E-state index in [2.05, 4.69) is 5.32 Å². The first-order valence-corrected chi connectivity index (χ1v) is 8.11. The Morgan fingerprint density at radius 3 is 2.71 bits per heavy atom. The molecule has 1 aromatic carbocycles. The van der Waals surface area contributed by atoms with E-state index in [1.165, 1.54) is 0 Å². The Kier molecular flexibility index (Phi) is 3.42. The third-order valence-electron chi connectivity index (χ3n) is 4.67. The van der Waals surface area contributed by atoms with E-state index in [9.17, 15) is 9.59 Å². The van der Waals surface area contributed by atoms with E-state index in [1.54, 1.807) is 17.7 Å². The second-order valence-electron chi connectivity index (χ2n) is 6.13. The fraction of sp³-hybridized carbons (Fsp3) is 0.333. The molecule has 1 saturated heterocycles. The topological polar surface area (TPSA) is 65.3 Å². The Labute approximate surface area is 138 Å². The Morgan fingerprint density at radius 2 is 2.04 bits per heavy atom. The number of fused-ring (bicyclic) bond motifs is 3. The van der Waals surface area contributed by atoms with Crippen LogP contribution in [0.4, 0.5) is 0 Å². The molecule has 2 aromatic heterocycles. The van der Waals surface area contributed by atoms with Crippen LogP contribution >= 0.6 is 0 Å². The van der Waals surface area contributed by atoms with Crippen LogP contribution in [-0.4, -0.2) is 34.3 Å². The van der Waals surface area contributed by atoms with Gasteiger partial charge in [-0.2, -0.15) is 0 Å². The van der Waals surface area contributed by atoms with E-state index in [4.69, 9.17) is 4.74 Å². The minimum absolute atomic E-state index is 0.0559. The number of ether oxygens (including phenoxy) is 1. The van der Waals surface area contributed by atoms with Crippen molar-refractivity contribution in [2.45, 2.75) is 19.5 Å². The van der Waals surface area contributed by atoms with E-state index in [-0.39, 0.29) is 17.5 Å². The number of hydrogen-bond donors (Lipinski definition) is 1. The first-order valence-electron chi connectivity index (χ1n) is 8.11. The Balaban J connectivity index is 1.99. The summed E-state index contributed by atoms with van der Waals surface area (Å²) in [6.45, 7) is 3.69. The normalized spacial score (nSPS) is 14.9. The molecule has 0 unspecified atom stereocenters. The van der Waals surface area contributed by atoms with Crippen LogP contribution < -0.4 is 10.9 Å². The highest BCUT2D eigenvalue weighted by Crippen LogP contribution is 2.26. The number of pyridine rings is 1. The molecule has 3 heterocycles. The molecule has 1 aliphatic rings. The van der Waals surface area contributed by atoms with Gasteiger partial charge in [-0.05, 0) is 19.1 Å². The van der Waals surface area contributed by atoms with Crippen LogP contribution in [0.5, 0.6) is 0 Å². The van der Waals surface area contributed by atoms with Crippen molar-refractivity contribution in [2.24, 2.45) is 7.05 Å². The molecule has 0 bridgehead atoms. The maximum atomic E-state index is 12.7. The summed E-state index contributed by atoms with van der Waals surface area (Å²) in [5.41, 5.74) is 2.12. The van der Waals surface area contributed by atoms with Gasteiger partial charge in [0.2, 0.25) is 0 Å². The molecular weight excluding hydrogens is 306 g/mol. The molecule has 6 nitrogen and oxygen atoms in total. The number of carbonyl (C=O) groups is 1.